The van der Waals surface area contributed by atoms with Crippen LogP contribution in [-0.4, -0.2) is 76.3 Å². The highest BCUT2D eigenvalue weighted by Crippen LogP contribution is 2.38. The van der Waals surface area contributed by atoms with Gasteiger partial charge in [0.25, 0.3) is 5.91 Å². The summed E-state index contributed by atoms with van der Waals surface area (Å²) in [5, 5.41) is 20.0. The number of carbonyl (C=O) groups excluding carboxylic acids is 3. The van der Waals surface area contributed by atoms with Gasteiger partial charge >= 0.3 is 6.09 Å². The van der Waals surface area contributed by atoms with Crippen LogP contribution in [0.25, 0.3) is 0 Å². The van der Waals surface area contributed by atoms with Crippen LogP contribution in [0.4, 0.5) is 4.79 Å². The lowest BCUT2D eigenvalue weighted by molar-refractivity contribution is -0.227. The number of amides is 2. The third kappa shape index (κ3) is 7.37. The van der Waals surface area contributed by atoms with Gasteiger partial charge in [0.1, 0.15) is 5.60 Å². The molecule has 2 aliphatic rings. The van der Waals surface area contributed by atoms with Crippen molar-refractivity contribution in [3.05, 3.63) is 10.6 Å². The fraction of sp³-hybridized carbons (Fsp3) is 0.808. The van der Waals surface area contributed by atoms with Crippen LogP contribution in [0.2, 0.25) is 0 Å². The maximum Gasteiger partial charge on any atom is 0.417 e. The van der Waals surface area contributed by atoms with Crippen LogP contribution in [0.15, 0.2) is 10.6 Å². The van der Waals surface area contributed by atoms with Crippen LogP contribution in [-0.2, 0) is 23.8 Å². The largest absolute Gasteiger partial charge is 0.441 e. The molecule has 0 spiro atoms. The van der Waals surface area contributed by atoms with Gasteiger partial charge < -0.3 is 24.4 Å². The molecule has 0 aromatic carbocycles. The molecule has 206 valence electrons. The summed E-state index contributed by atoms with van der Waals surface area (Å²) in [6.45, 7) is 7.47. The van der Waals surface area contributed by atoms with Gasteiger partial charge in [0.15, 0.2) is 23.8 Å². The van der Waals surface area contributed by atoms with Crippen LogP contribution in [0.3, 0.4) is 0 Å². The smallest absolute Gasteiger partial charge is 0.417 e. The minimum Gasteiger partial charge on any atom is -0.441 e. The zero-order valence-electron chi connectivity index (χ0n) is 22.1. The predicted octanol–water partition coefficient (Wildman–Crippen LogP) is 4.22. The number of halogens is 1. The zero-order chi connectivity index (χ0) is 27.1. The first kappa shape index (κ1) is 30.9. The minimum atomic E-state index is -1.78. The fourth-order valence-corrected chi connectivity index (χ4v) is 5.67. The molecule has 2 N–H and O–H groups in total. The Labute approximate surface area is 222 Å². The first-order valence-corrected chi connectivity index (χ1v) is 13.7. The van der Waals surface area contributed by atoms with Gasteiger partial charge in [-0.25, -0.2) is 9.69 Å². The second-order valence-corrected chi connectivity index (χ2v) is 11.4. The van der Waals surface area contributed by atoms with E-state index in [2.05, 4.69) is 15.9 Å². The average Bonchev–Trinajstić information content (AvgIpc) is 3.04. The van der Waals surface area contributed by atoms with Crippen LogP contribution in [0.5, 0.6) is 0 Å². The maximum atomic E-state index is 13.5. The molecule has 1 saturated heterocycles. The standard InChI is InChI=1S/C26H42BrNO8/c1-17(2)22-25(3,4)36-24(32)28(22)23(31)21(34-5)20-18(30)16-19(27)26(33,35-20)14-12-10-8-6-7-9-11-13-15-29/h16-17,20-22,29,33H,6-15H2,1-5H3. The van der Waals surface area contributed by atoms with Crippen molar-refractivity contribution < 1.29 is 38.8 Å². The van der Waals surface area contributed by atoms with E-state index in [1.165, 1.54) is 13.2 Å². The SMILES string of the molecule is COC(C(=O)N1C(=O)OC(C)(C)C1C(C)C)C1OC(O)(CCCCCCCCCCO)C(Br)=CC1=O. The summed E-state index contributed by atoms with van der Waals surface area (Å²) in [6.07, 6.45) is 5.49. The predicted molar refractivity (Wildman–Crippen MR) is 137 cm³/mol. The third-order valence-electron chi connectivity index (χ3n) is 6.85. The summed E-state index contributed by atoms with van der Waals surface area (Å²) >= 11 is 3.26. The number of methoxy groups -OCH3 is 1. The number of aliphatic hydroxyl groups excluding tert-OH is 1. The van der Waals surface area contributed by atoms with Crippen LogP contribution >= 0.6 is 15.9 Å². The van der Waals surface area contributed by atoms with Crippen LogP contribution in [0.1, 0.15) is 85.5 Å². The molecule has 36 heavy (non-hydrogen) atoms. The second kappa shape index (κ2) is 13.5. The van der Waals surface area contributed by atoms with Crippen molar-refractivity contribution in [2.75, 3.05) is 13.7 Å². The van der Waals surface area contributed by atoms with E-state index >= 15 is 0 Å². The van der Waals surface area contributed by atoms with Crippen molar-refractivity contribution >= 4 is 33.7 Å². The molecule has 2 rings (SSSR count). The number of aliphatic hydroxyl groups is 2. The number of rotatable bonds is 14. The van der Waals surface area contributed by atoms with Crippen molar-refractivity contribution in [2.45, 2.75) is 115 Å². The van der Waals surface area contributed by atoms with E-state index in [1.807, 2.05) is 13.8 Å². The number of hydrogen-bond acceptors (Lipinski definition) is 8. The van der Waals surface area contributed by atoms with Crippen molar-refractivity contribution in [3.8, 4) is 0 Å². The van der Waals surface area contributed by atoms with E-state index in [0.29, 0.717) is 6.42 Å². The Morgan fingerprint density at radius 2 is 1.67 bits per heavy atom. The first-order valence-electron chi connectivity index (χ1n) is 12.9. The Hall–Kier alpha value is -1.33. The van der Waals surface area contributed by atoms with Gasteiger partial charge in [0, 0.05) is 20.1 Å². The highest BCUT2D eigenvalue weighted by atomic mass is 79.9. The molecule has 1 fully saturated rings. The van der Waals surface area contributed by atoms with Gasteiger partial charge in [-0.1, -0.05) is 52.4 Å². The third-order valence-corrected chi connectivity index (χ3v) is 7.70. The number of unbranched alkanes of at least 4 members (excludes halogenated alkanes) is 7. The topological polar surface area (TPSA) is 123 Å². The van der Waals surface area contributed by atoms with Gasteiger partial charge in [0.2, 0.25) is 0 Å². The molecule has 0 aromatic rings. The van der Waals surface area contributed by atoms with Crippen molar-refractivity contribution in [2.24, 2.45) is 5.92 Å². The summed E-state index contributed by atoms with van der Waals surface area (Å²) in [5.41, 5.74) is -0.904. The molecular formula is C26H42BrNO8. The van der Waals surface area contributed by atoms with E-state index in [-0.39, 0.29) is 23.4 Å². The molecule has 4 unspecified atom stereocenters. The molecule has 0 saturated carbocycles. The lowest BCUT2D eigenvalue weighted by atomic mass is 9.88. The van der Waals surface area contributed by atoms with Gasteiger partial charge in [-0.05, 0) is 54.6 Å². The normalized spacial score (nSPS) is 26.8. The zero-order valence-corrected chi connectivity index (χ0v) is 23.7. The van der Waals surface area contributed by atoms with E-state index in [4.69, 9.17) is 19.3 Å². The summed E-state index contributed by atoms with van der Waals surface area (Å²) in [6, 6.07) is -0.557. The number of carbonyl (C=O) groups is 3. The lowest BCUT2D eigenvalue weighted by Gasteiger charge is -2.38. The second-order valence-electron chi connectivity index (χ2n) is 10.5. The van der Waals surface area contributed by atoms with Crippen molar-refractivity contribution in [3.63, 3.8) is 0 Å². The van der Waals surface area contributed by atoms with Gasteiger partial charge in [-0.15, -0.1) is 0 Å². The molecule has 4 atom stereocenters. The molecule has 2 amide bonds. The summed E-state index contributed by atoms with van der Waals surface area (Å²) in [4.78, 5) is 40.0. The lowest BCUT2D eigenvalue weighted by Crippen LogP contribution is -2.58. The Balaban J connectivity index is 2.05. The molecule has 9 nitrogen and oxygen atoms in total. The molecule has 10 heteroatoms. The monoisotopic (exact) mass is 575 g/mol. The van der Waals surface area contributed by atoms with Crippen LogP contribution < -0.4 is 0 Å². The highest BCUT2D eigenvalue weighted by molar-refractivity contribution is 9.11. The number of hydrogen-bond donors (Lipinski definition) is 2. The van der Waals surface area contributed by atoms with Crippen molar-refractivity contribution in [1.82, 2.24) is 4.90 Å². The van der Waals surface area contributed by atoms with E-state index < -0.39 is 47.4 Å². The summed E-state index contributed by atoms with van der Waals surface area (Å²) in [7, 11) is 1.27. The quantitative estimate of drug-likeness (QED) is 0.295. The number of ketones is 1. The van der Waals surface area contributed by atoms with E-state index in [1.54, 1.807) is 13.8 Å². The van der Waals surface area contributed by atoms with Gasteiger partial charge in [-0.3, -0.25) is 9.59 Å². The van der Waals surface area contributed by atoms with E-state index in [9.17, 15) is 19.5 Å². The Morgan fingerprint density at radius 3 is 2.19 bits per heavy atom. The number of cyclic esters (lactones) is 1. The summed E-state index contributed by atoms with van der Waals surface area (Å²) < 4.78 is 16.9. The Kier molecular flexibility index (Phi) is 11.6. The Bertz CT molecular complexity index is 814. The molecule has 0 bridgehead atoms. The van der Waals surface area contributed by atoms with Crippen molar-refractivity contribution in [1.29, 1.82) is 0 Å². The highest BCUT2D eigenvalue weighted by Gasteiger charge is 2.55. The number of imide groups is 1. The minimum absolute atomic E-state index is 0.100. The molecule has 0 radical (unpaired) electrons. The van der Waals surface area contributed by atoms with Gasteiger partial charge in [0.05, 0.1) is 10.5 Å². The summed E-state index contributed by atoms with van der Waals surface area (Å²) in [5.74, 6) is -3.15. The molecule has 2 aliphatic heterocycles. The van der Waals surface area contributed by atoms with Crippen LogP contribution in [0, 0.1) is 5.92 Å². The fourth-order valence-electron chi connectivity index (χ4n) is 5.15. The Morgan fingerprint density at radius 1 is 1.11 bits per heavy atom. The maximum absolute atomic E-state index is 13.5. The molecule has 0 aliphatic carbocycles. The first-order chi connectivity index (χ1) is 16.9. The van der Waals surface area contributed by atoms with E-state index in [0.717, 1.165) is 49.8 Å². The number of nitrogens with zero attached hydrogens (tertiary/aromatic N) is 1. The molecule has 0 aromatic heterocycles. The average molecular weight is 577 g/mol. The molecular weight excluding hydrogens is 534 g/mol. The van der Waals surface area contributed by atoms with Gasteiger partial charge in [-0.2, -0.15) is 0 Å². The number of ether oxygens (including phenoxy) is 3. The molecule has 2 heterocycles.